The van der Waals surface area contributed by atoms with E-state index in [1.54, 1.807) is 6.33 Å². The van der Waals surface area contributed by atoms with Crippen LogP contribution < -0.4 is 5.73 Å². The third-order valence-corrected chi connectivity index (χ3v) is 3.72. The number of imidazole rings is 1. The van der Waals surface area contributed by atoms with Gasteiger partial charge in [-0.3, -0.25) is 0 Å². The minimum Gasteiger partial charge on any atom is -0.388 e. The lowest BCUT2D eigenvalue weighted by atomic mass is 10.5. The quantitative estimate of drug-likeness (QED) is 0.539. The van der Waals surface area contributed by atoms with Gasteiger partial charge in [0.2, 0.25) is 0 Å². The van der Waals surface area contributed by atoms with Crippen molar-refractivity contribution in [2.24, 2.45) is 0 Å². The molecule has 0 saturated heterocycles. The van der Waals surface area contributed by atoms with Gasteiger partial charge in [0.25, 0.3) is 0 Å². The van der Waals surface area contributed by atoms with Gasteiger partial charge in [-0.05, 0) is 0 Å². The van der Waals surface area contributed by atoms with E-state index in [2.05, 4.69) is 29.5 Å². The van der Waals surface area contributed by atoms with Crippen LogP contribution in [0.25, 0.3) is 11.2 Å². The van der Waals surface area contributed by atoms with E-state index in [-0.39, 0.29) is 0 Å². The van der Waals surface area contributed by atoms with Crippen LogP contribution >= 0.6 is 23.3 Å². The Balaban J connectivity index is 1.86. The highest BCUT2D eigenvalue weighted by atomic mass is 32.2. The van der Waals surface area contributed by atoms with Crippen LogP contribution in [0.15, 0.2) is 17.7 Å². The van der Waals surface area contributed by atoms with Crippen molar-refractivity contribution in [3.05, 3.63) is 18.3 Å². The van der Waals surface area contributed by atoms with Crippen molar-refractivity contribution in [3.8, 4) is 0 Å². The number of H-pyrrole nitrogens is 1. The van der Waals surface area contributed by atoms with Crippen LogP contribution in [0, 0.1) is 0 Å². The maximum absolute atomic E-state index is 5.72. The Hall–Kier alpha value is -1.74. The highest BCUT2D eigenvalue weighted by Gasteiger charge is 2.09. The molecule has 7 nitrogen and oxygen atoms in total. The maximum Gasteiger partial charge on any atom is 0.181 e. The van der Waals surface area contributed by atoms with Crippen molar-refractivity contribution in [1.82, 2.24) is 29.5 Å². The van der Waals surface area contributed by atoms with Gasteiger partial charge in [-0.25, -0.2) is 15.0 Å². The molecule has 0 spiro atoms. The van der Waals surface area contributed by atoms with E-state index in [9.17, 15) is 0 Å². The lowest BCUT2D eigenvalue weighted by Crippen LogP contribution is -1.91. The number of fused-ring (bicyclic) bond motifs is 1. The van der Waals surface area contributed by atoms with Crippen LogP contribution in [0.4, 0.5) is 5.00 Å². The number of aromatic amines is 1. The summed E-state index contributed by atoms with van der Waals surface area (Å²) in [5.41, 5.74) is 8.00. The van der Waals surface area contributed by atoms with E-state index < -0.39 is 0 Å². The van der Waals surface area contributed by atoms with Gasteiger partial charge in [-0.1, -0.05) is 16.3 Å². The number of nitrogens with one attached hydrogen (secondary N) is 1. The summed E-state index contributed by atoms with van der Waals surface area (Å²) in [7, 11) is 0. The van der Waals surface area contributed by atoms with Gasteiger partial charge in [-0.15, -0.1) is 5.10 Å². The number of anilines is 1. The van der Waals surface area contributed by atoms with E-state index in [1.807, 2.05) is 0 Å². The molecule has 0 aliphatic carbocycles. The predicted octanol–water partition coefficient (Wildman–Crippen LogP) is 1.08. The molecular formula is C8H7N7S2. The summed E-state index contributed by atoms with van der Waals surface area (Å²) in [5, 5.41) is 5.43. The van der Waals surface area contributed by atoms with E-state index in [4.69, 9.17) is 5.73 Å². The Labute approximate surface area is 104 Å². The molecule has 0 aromatic carbocycles. The van der Waals surface area contributed by atoms with Crippen LogP contribution in [0.2, 0.25) is 0 Å². The number of aromatic nitrogens is 6. The first-order valence-corrected chi connectivity index (χ1v) is 6.44. The number of thioether (sulfide) groups is 1. The van der Waals surface area contributed by atoms with Crippen molar-refractivity contribution in [2.75, 3.05) is 5.73 Å². The molecule has 17 heavy (non-hydrogen) atoms. The smallest absolute Gasteiger partial charge is 0.181 e. The Morgan fingerprint density at radius 1 is 1.35 bits per heavy atom. The lowest BCUT2D eigenvalue weighted by molar-refractivity contribution is 1.06. The Morgan fingerprint density at radius 2 is 2.29 bits per heavy atom. The molecule has 0 amide bonds. The average Bonchev–Trinajstić information content (AvgIpc) is 2.95. The Morgan fingerprint density at radius 3 is 3.12 bits per heavy atom. The van der Waals surface area contributed by atoms with Crippen LogP contribution in [-0.4, -0.2) is 29.5 Å². The molecule has 3 N–H and O–H groups in total. The van der Waals surface area contributed by atoms with Gasteiger partial charge in [0, 0.05) is 17.3 Å². The second-order valence-electron chi connectivity index (χ2n) is 3.15. The monoisotopic (exact) mass is 265 g/mol. The summed E-state index contributed by atoms with van der Waals surface area (Å²) in [5.74, 6) is 0.632. The number of hydrogen-bond donors (Lipinski definition) is 2. The highest BCUT2D eigenvalue weighted by Crippen LogP contribution is 2.27. The third kappa shape index (κ3) is 1.94. The van der Waals surface area contributed by atoms with Gasteiger partial charge in [0.05, 0.1) is 6.33 Å². The first kappa shape index (κ1) is 10.4. The fourth-order valence-electron chi connectivity index (χ4n) is 1.30. The van der Waals surface area contributed by atoms with E-state index >= 15 is 0 Å². The topological polar surface area (TPSA) is 106 Å². The molecule has 9 heteroatoms. The first-order chi connectivity index (χ1) is 8.34. The molecule has 3 heterocycles. The fourth-order valence-corrected chi connectivity index (χ4v) is 2.74. The van der Waals surface area contributed by atoms with Gasteiger partial charge >= 0.3 is 0 Å². The molecule has 0 aliphatic rings. The summed E-state index contributed by atoms with van der Waals surface area (Å²) in [6, 6.07) is 0. The molecule has 0 saturated carbocycles. The maximum atomic E-state index is 5.72. The molecule has 0 atom stereocenters. The fraction of sp³-hybridized carbons (Fsp3) is 0.125. The van der Waals surface area contributed by atoms with Crippen molar-refractivity contribution in [3.63, 3.8) is 0 Å². The normalized spacial score (nSPS) is 11.1. The van der Waals surface area contributed by atoms with Gasteiger partial charge < -0.3 is 10.7 Å². The largest absolute Gasteiger partial charge is 0.388 e. The number of nitrogens with two attached hydrogens (primary N) is 1. The van der Waals surface area contributed by atoms with Gasteiger partial charge in [0.1, 0.15) is 27.6 Å². The minimum absolute atomic E-state index is 0.632. The second-order valence-corrected chi connectivity index (χ2v) is 4.90. The molecular weight excluding hydrogens is 258 g/mol. The van der Waals surface area contributed by atoms with Crippen molar-refractivity contribution < 1.29 is 0 Å². The minimum atomic E-state index is 0.632. The van der Waals surface area contributed by atoms with Crippen LogP contribution in [0.5, 0.6) is 0 Å². The standard InChI is InChI=1S/C8H7N7S2/c9-6-4(14-15-17-6)1-16-8-5-7(11-2-10-5)12-3-13-8/h2-3H,1,9H2,(H,10,11,12,13). The van der Waals surface area contributed by atoms with Crippen LogP contribution in [0.1, 0.15) is 5.69 Å². The summed E-state index contributed by atoms with van der Waals surface area (Å²) in [6.07, 6.45) is 3.09. The van der Waals surface area contributed by atoms with Gasteiger partial charge in [0.15, 0.2) is 5.65 Å². The molecule has 3 aromatic heterocycles. The Bertz CT molecular complexity index is 646. The van der Waals surface area contributed by atoms with Crippen molar-refractivity contribution in [1.29, 1.82) is 0 Å². The number of rotatable bonds is 3. The van der Waals surface area contributed by atoms with Gasteiger partial charge in [-0.2, -0.15) is 0 Å². The van der Waals surface area contributed by atoms with E-state index in [0.717, 1.165) is 16.2 Å². The lowest BCUT2D eigenvalue weighted by Gasteiger charge is -1.99. The van der Waals surface area contributed by atoms with E-state index in [1.165, 1.54) is 29.6 Å². The molecule has 0 fully saturated rings. The average molecular weight is 265 g/mol. The van der Waals surface area contributed by atoms with Crippen LogP contribution in [-0.2, 0) is 5.75 Å². The zero-order chi connectivity index (χ0) is 11.7. The molecule has 0 aliphatic heterocycles. The first-order valence-electron chi connectivity index (χ1n) is 4.68. The number of nitrogens with zero attached hydrogens (tertiary/aromatic N) is 5. The molecule has 3 aromatic rings. The molecule has 3 rings (SSSR count). The SMILES string of the molecule is Nc1snnc1CSc1ncnc2nc[nH]c12. The van der Waals surface area contributed by atoms with Crippen molar-refractivity contribution >= 4 is 39.5 Å². The second kappa shape index (κ2) is 4.26. The Kier molecular flexibility index (Phi) is 2.61. The molecule has 86 valence electrons. The number of nitrogen functional groups attached to an aromatic ring is 1. The zero-order valence-corrected chi connectivity index (χ0v) is 10.1. The molecule has 0 bridgehead atoms. The van der Waals surface area contributed by atoms with Crippen molar-refractivity contribution in [2.45, 2.75) is 10.8 Å². The molecule has 0 unspecified atom stereocenters. The summed E-state index contributed by atoms with van der Waals surface area (Å²) < 4.78 is 3.79. The summed E-state index contributed by atoms with van der Waals surface area (Å²) in [4.78, 5) is 15.3. The summed E-state index contributed by atoms with van der Waals surface area (Å²) >= 11 is 2.72. The molecule has 0 radical (unpaired) electrons. The van der Waals surface area contributed by atoms with E-state index in [0.29, 0.717) is 16.4 Å². The predicted molar refractivity (Wildman–Crippen MR) is 65.6 cm³/mol. The van der Waals surface area contributed by atoms with Crippen LogP contribution in [0.3, 0.4) is 0 Å². The number of hydrogen-bond acceptors (Lipinski definition) is 8. The highest BCUT2D eigenvalue weighted by molar-refractivity contribution is 7.98. The third-order valence-electron chi connectivity index (χ3n) is 2.12. The zero-order valence-electron chi connectivity index (χ0n) is 8.49. The summed E-state index contributed by atoms with van der Waals surface area (Å²) in [6.45, 7) is 0.